The number of hydrogen-bond donors (Lipinski definition) is 3. The molecule has 152 valence electrons. The van der Waals surface area contributed by atoms with Crippen LogP contribution in [0.5, 0.6) is 0 Å². The van der Waals surface area contributed by atoms with Crippen LogP contribution in [0, 0.1) is 6.92 Å². The lowest BCUT2D eigenvalue weighted by Gasteiger charge is -2.30. The highest BCUT2D eigenvalue weighted by atomic mass is 35.5. The van der Waals surface area contributed by atoms with Gasteiger partial charge in [0.15, 0.2) is 0 Å². The molecule has 1 unspecified atom stereocenters. The van der Waals surface area contributed by atoms with Gasteiger partial charge in [-0.1, -0.05) is 17.7 Å². The molecule has 0 spiro atoms. The van der Waals surface area contributed by atoms with Crippen molar-refractivity contribution in [2.75, 3.05) is 34.4 Å². The number of benzene rings is 1. The number of nitrogens with two attached hydrogens (primary N) is 1. The fraction of sp³-hybridized carbons (Fsp3) is 0.400. The van der Waals surface area contributed by atoms with E-state index in [0.717, 1.165) is 31.5 Å². The van der Waals surface area contributed by atoms with Crippen molar-refractivity contribution in [3.8, 4) is 0 Å². The van der Waals surface area contributed by atoms with Crippen LogP contribution in [-0.4, -0.2) is 34.9 Å². The topological polar surface area (TPSA) is 113 Å². The summed E-state index contributed by atoms with van der Waals surface area (Å²) in [5.41, 5.74) is 8.16. The zero-order valence-corrected chi connectivity index (χ0v) is 16.9. The highest BCUT2D eigenvalue weighted by molar-refractivity contribution is 6.31. The van der Waals surface area contributed by atoms with E-state index in [9.17, 15) is 9.59 Å². The maximum Gasteiger partial charge on any atom is 0.232 e. The van der Waals surface area contributed by atoms with Crippen molar-refractivity contribution in [1.29, 1.82) is 0 Å². The van der Waals surface area contributed by atoms with Gasteiger partial charge >= 0.3 is 0 Å². The number of piperidine rings is 1. The first kappa shape index (κ1) is 19.4. The average molecular weight is 415 g/mol. The van der Waals surface area contributed by atoms with Crippen LogP contribution in [0.1, 0.15) is 42.7 Å². The molecule has 0 aliphatic carbocycles. The van der Waals surface area contributed by atoms with E-state index in [-0.39, 0.29) is 24.1 Å². The number of carbonyl (C=O) groups is 2. The second-order valence-electron chi connectivity index (χ2n) is 7.48. The molecule has 1 saturated heterocycles. The number of amides is 2. The molecule has 3 heterocycles. The maximum atomic E-state index is 13.0. The maximum absolute atomic E-state index is 13.0. The molecule has 9 heteroatoms. The third kappa shape index (κ3) is 3.98. The van der Waals surface area contributed by atoms with Gasteiger partial charge in [0.05, 0.1) is 11.5 Å². The quantitative estimate of drug-likeness (QED) is 0.711. The molecule has 2 amide bonds. The molecule has 4 rings (SSSR count). The SMILES string of the molecule is Cc1ccc(NC(=O)C2CC(=O)Nc3nc(N4CCCCC4)nc(N)c32)cc1Cl. The largest absolute Gasteiger partial charge is 0.383 e. The van der Waals surface area contributed by atoms with Crippen molar-refractivity contribution in [2.45, 2.75) is 38.5 Å². The van der Waals surface area contributed by atoms with Crippen LogP contribution in [0.2, 0.25) is 5.02 Å². The Kier molecular flexibility index (Phi) is 5.27. The van der Waals surface area contributed by atoms with Gasteiger partial charge in [-0.2, -0.15) is 9.97 Å². The van der Waals surface area contributed by atoms with Crippen LogP contribution < -0.4 is 21.3 Å². The van der Waals surface area contributed by atoms with E-state index in [2.05, 4.69) is 25.5 Å². The van der Waals surface area contributed by atoms with Gasteiger partial charge in [-0.05, 0) is 43.9 Å². The van der Waals surface area contributed by atoms with Gasteiger partial charge in [0.2, 0.25) is 17.8 Å². The van der Waals surface area contributed by atoms with Gasteiger partial charge in [0.1, 0.15) is 11.6 Å². The number of hydrogen-bond acceptors (Lipinski definition) is 6. The van der Waals surface area contributed by atoms with Crippen molar-refractivity contribution < 1.29 is 9.59 Å². The molecule has 8 nitrogen and oxygen atoms in total. The highest BCUT2D eigenvalue weighted by Gasteiger charge is 2.35. The summed E-state index contributed by atoms with van der Waals surface area (Å²) < 4.78 is 0. The van der Waals surface area contributed by atoms with E-state index < -0.39 is 5.92 Å². The fourth-order valence-corrected chi connectivity index (χ4v) is 3.92. The Hall–Kier alpha value is -2.87. The normalized spacial score (nSPS) is 18.8. The Morgan fingerprint density at radius 1 is 1.28 bits per heavy atom. The van der Waals surface area contributed by atoms with Crippen LogP contribution in [0.3, 0.4) is 0 Å². The summed E-state index contributed by atoms with van der Waals surface area (Å²) in [6, 6.07) is 5.27. The van der Waals surface area contributed by atoms with Crippen molar-refractivity contribution in [2.24, 2.45) is 0 Å². The minimum absolute atomic E-state index is 0.0188. The predicted octanol–water partition coefficient (Wildman–Crippen LogP) is 3.08. The standard InChI is InChI=1S/C20H23ClN6O2/c1-11-5-6-12(9-14(11)21)23-19(29)13-10-15(28)24-18-16(13)17(22)25-20(26-18)27-7-3-2-4-8-27/h5-6,9,13H,2-4,7-8,10H2,1H3,(H,23,29)(H3,22,24,25,26,28). The van der Waals surface area contributed by atoms with Crippen LogP contribution in [0.4, 0.5) is 23.3 Å². The van der Waals surface area contributed by atoms with E-state index in [1.165, 1.54) is 6.42 Å². The first-order chi connectivity index (χ1) is 13.9. The van der Waals surface area contributed by atoms with Gasteiger partial charge < -0.3 is 21.3 Å². The molecule has 2 aliphatic rings. The Balaban J connectivity index is 1.63. The van der Waals surface area contributed by atoms with Crippen molar-refractivity contribution in [3.05, 3.63) is 34.3 Å². The van der Waals surface area contributed by atoms with Gasteiger partial charge in [-0.25, -0.2) is 0 Å². The van der Waals surface area contributed by atoms with Crippen LogP contribution >= 0.6 is 11.6 Å². The zero-order valence-electron chi connectivity index (χ0n) is 16.2. The molecular weight excluding hydrogens is 392 g/mol. The van der Waals surface area contributed by atoms with E-state index in [1.807, 2.05) is 13.0 Å². The Morgan fingerprint density at radius 2 is 2.03 bits per heavy atom. The van der Waals surface area contributed by atoms with Crippen LogP contribution in [0.25, 0.3) is 0 Å². The number of carbonyl (C=O) groups excluding carboxylic acids is 2. The first-order valence-corrected chi connectivity index (χ1v) is 10.1. The summed E-state index contributed by atoms with van der Waals surface area (Å²) in [5, 5.41) is 6.12. The summed E-state index contributed by atoms with van der Waals surface area (Å²) in [5.74, 6) is -0.361. The number of anilines is 4. The number of nitrogens with zero attached hydrogens (tertiary/aromatic N) is 3. The zero-order chi connectivity index (χ0) is 20.5. The minimum Gasteiger partial charge on any atom is -0.383 e. The number of nitrogen functional groups attached to an aromatic ring is 1. The van der Waals surface area contributed by atoms with Crippen molar-refractivity contribution in [3.63, 3.8) is 0 Å². The lowest BCUT2D eigenvalue weighted by Crippen LogP contribution is -2.35. The van der Waals surface area contributed by atoms with E-state index in [4.69, 9.17) is 17.3 Å². The third-order valence-electron chi connectivity index (χ3n) is 5.35. The number of nitrogens with one attached hydrogen (secondary N) is 2. The number of halogens is 1. The summed E-state index contributed by atoms with van der Waals surface area (Å²) in [6.45, 7) is 3.59. The van der Waals surface area contributed by atoms with E-state index in [1.54, 1.807) is 12.1 Å². The highest BCUT2D eigenvalue weighted by Crippen LogP contribution is 2.37. The molecule has 1 fully saturated rings. The lowest BCUT2D eigenvalue weighted by atomic mass is 9.91. The second-order valence-corrected chi connectivity index (χ2v) is 7.88. The Morgan fingerprint density at radius 3 is 2.76 bits per heavy atom. The summed E-state index contributed by atoms with van der Waals surface area (Å²) in [7, 11) is 0. The van der Waals surface area contributed by atoms with Gasteiger partial charge in [-0.15, -0.1) is 0 Å². The Bertz CT molecular complexity index is 974. The first-order valence-electron chi connectivity index (χ1n) is 9.71. The third-order valence-corrected chi connectivity index (χ3v) is 5.76. The molecule has 2 aromatic rings. The fourth-order valence-electron chi connectivity index (χ4n) is 3.74. The molecule has 29 heavy (non-hydrogen) atoms. The van der Waals surface area contributed by atoms with Crippen LogP contribution in [-0.2, 0) is 9.59 Å². The molecule has 2 aliphatic heterocycles. The van der Waals surface area contributed by atoms with Crippen molar-refractivity contribution in [1.82, 2.24) is 9.97 Å². The average Bonchev–Trinajstić information content (AvgIpc) is 2.70. The molecule has 4 N–H and O–H groups in total. The molecule has 0 saturated carbocycles. The molecular formula is C20H23ClN6O2. The number of rotatable bonds is 3. The van der Waals surface area contributed by atoms with Gasteiger partial charge in [0, 0.05) is 30.2 Å². The Labute approximate surface area is 173 Å². The number of aryl methyl sites for hydroxylation is 1. The number of aromatic nitrogens is 2. The molecule has 0 radical (unpaired) electrons. The van der Waals surface area contributed by atoms with Crippen LogP contribution in [0.15, 0.2) is 18.2 Å². The monoisotopic (exact) mass is 414 g/mol. The minimum atomic E-state index is -0.769. The van der Waals surface area contributed by atoms with Gasteiger partial charge in [0.25, 0.3) is 0 Å². The smallest absolute Gasteiger partial charge is 0.232 e. The summed E-state index contributed by atoms with van der Waals surface area (Å²) in [4.78, 5) is 36.2. The predicted molar refractivity (Wildman–Crippen MR) is 113 cm³/mol. The second kappa shape index (κ2) is 7.87. The summed E-state index contributed by atoms with van der Waals surface area (Å²) in [6.07, 6.45) is 3.29. The molecule has 1 atom stereocenters. The molecule has 0 bridgehead atoms. The van der Waals surface area contributed by atoms with Crippen molar-refractivity contribution >= 4 is 46.7 Å². The van der Waals surface area contributed by atoms with E-state index in [0.29, 0.717) is 28.0 Å². The summed E-state index contributed by atoms with van der Waals surface area (Å²) >= 11 is 6.14. The molecule has 1 aromatic heterocycles. The number of fused-ring (bicyclic) bond motifs is 1. The van der Waals surface area contributed by atoms with Gasteiger partial charge in [-0.3, -0.25) is 9.59 Å². The van der Waals surface area contributed by atoms with E-state index >= 15 is 0 Å². The molecule has 1 aromatic carbocycles. The lowest BCUT2D eigenvalue weighted by molar-refractivity contribution is -0.123.